The maximum absolute atomic E-state index is 12.4. The summed E-state index contributed by atoms with van der Waals surface area (Å²) < 4.78 is 4.75. The van der Waals surface area contributed by atoms with Crippen LogP contribution in [0.2, 0.25) is 0 Å². The molecule has 2 heterocycles. The summed E-state index contributed by atoms with van der Waals surface area (Å²) in [5.41, 5.74) is 0.330. The van der Waals surface area contributed by atoms with Crippen molar-refractivity contribution in [2.24, 2.45) is 5.92 Å². The van der Waals surface area contributed by atoms with Crippen molar-refractivity contribution >= 4 is 27.5 Å². The predicted octanol–water partition coefficient (Wildman–Crippen LogP) is 2.06. The van der Waals surface area contributed by atoms with E-state index in [9.17, 15) is 9.59 Å². The van der Waals surface area contributed by atoms with Crippen LogP contribution in [0.1, 0.15) is 34.9 Å². The lowest BCUT2D eigenvalue weighted by Crippen LogP contribution is -2.29. The number of aryl methyl sites for hydroxylation is 1. The molecular formula is C16H20N4O3S. The summed E-state index contributed by atoms with van der Waals surface area (Å²) in [6.07, 6.45) is 0. The van der Waals surface area contributed by atoms with Gasteiger partial charge in [-0.25, -0.2) is 9.78 Å². The lowest BCUT2D eigenvalue weighted by atomic mass is 10.2. The Kier molecular flexibility index (Phi) is 5.70. The number of nitriles is 1. The Balaban J connectivity index is 2.38. The molecule has 0 spiro atoms. The number of thiophene rings is 1. The zero-order valence-corrected chi connectivity index (χ0v) is 15.0. The highest BCUT2D eigenvalue weighted by molar-refractivity contribution is 7.20. The Morgan fingerprint density at radius 3 is 2.83 bits per heavy atom. The topological polar surface area (TPSA) is 99.1 Å². The third kappa shape index (κ3) is 3.63. The van der Waals surface area contributed by atoms with Gasteiger partial charge in [-0.15, -0.1) is 11.3 Å². The molecule has 24 heavy (non-hydrogen) atoms. The minimum Gasteiger partial charge on any atom is -0.465 e. The monoisotopic (exact) mass is 348 g/mol. The number of hydrogen-bond donors (Lipinski definition) is 1. The van der Waals surface area contributed by atoms with Gasteiger partial charge in [0.25, 0.3) is 5.56 Å². The van der Waals surface area contributed by atoms with Crippen molar-refractivity contribution < 1.29 is 9.53 Å². The van der Waals surface area contributed by atoms with Gasteiger partial charge in [0.1, 0.15) is 15.5 Å². The van der Waals surface area contributed by atoms with E-state index >= 15 is 0 Å². The predicted molar refractivity (Wildman–Crippen MR) is 92.0 cm³/mol. The lowest BCUT2D eigenvalue weighted by Gasteiger charge is -2.20. The second-order valence-corrected chi connectivity index (χ2v) is 6.60. The summed E-state index contributed by atoms with van der Waals surface area (Å²) in [7, 11) is 1.31. The molecule has 8 heteroatoms. The third-order valence-corrected chi connectivity index (χ3v) is 4.96. The molecule has 0 aliphatic heterocycles. The van der Waals surface area contributed by atoms with Crippen LogP contribution in [-0.4, -0.2) is 41.0 Å². The molecule has 7 nitrogen and oxygen atoms in total. The van der Waals surface area contributed by atoms with Crippen LogP contribution in [0.25, 0.3) is 10.2 Å². The third-order valence-electron chi connectivity index (χ3n) is 3.79. The van der Waals surface area contributed by atoms with Crippen LogP contribution >= 0.6 is 11.3 Å². The number of nitrogens with one attached hydrogen (secondary N) is 1. The number of carbonyl (C=O) groups excluding carboxylic acids is 1. The van der Waals surface area contributed by atoms with Crippen LogP contribution in [0, 0.1) is 24.2 Å². The molecule has 0 aromatic carbocycles. The number of aromatic nitrogens is 2. The summed E-state index contributed by atoms with van der Waals surface area (Å²) >= 11 is 1.16. The van der Waals surface area contributed by atoms with Gasteiger partial charge in [0.15, 0.2) is 0 Å². The standard InChI is InChI=1S/C16H20N4O3S/c1-5-20(7-9(2)6-17)8-11-18-14(21)12-10(3)13(16(22)23-4)24-15(12)19-11/h9H,5,7-8H2,1-4H3,(H,18,19,21). The van der Waals surface area contributed by atoms with Gasteiger partial charge in [-0.1, -0.05) is 6.92 Å². The van der Waals surface area contributed by atoms with E-state index in [0.717, 1.165) is 17.9 Å². The van der Waals surface area contributed by atoms with Gasteiger partial charge in [-0.2, -0.15) is 5.26 Å². The molecule has 0 amide bonds. The summed E-state index contributed by atoms with van der Waals surface area (Å²) in [5.74, 6) is -0.0399. The molecule has 2 aromatic rings. The molecule has 1 N–H and O–H groups in total. The fraction of sp³-hybridized carbons (Fsp3) is 0.500. The van der Waals surface area contributed by atoms with Gasteiger partial charge >= 0.3 is 5.97 Å². The molecule has 0 saturated carbocycles. The Labute approximate surface area is 143 Å². The van der Waals surface area contributed by atoms with Gasteiger partial charge in [-0.3, -0.25) is 9.69 Å². The first-order chi connectivity index (χ1) is 11.4. The quantitative estimate of drug-likeness (QED) is 0.802. The maximum atomic E-state index is 12.4. The first-order valence-corrected chi connectivity index (χ1v) is 8.45. The first kappa shape index (κ1) is 18.1. The smallest absolute Gasteiger partial charge is 0.348 e. The van der Waals surface area contributed by atoms with E-state index in [1.807, 2.05) is 18.7 Å². The van der Waals surface area contributed by atoms with Gasteiger partial charge in [-0.05, 0) is 26.0 Å². The summed E-state index contributed by atoms with van der Waals surface area (Å²) in [5, 5.41) is 9.38. The second-order valence-electron chi connectivity index (χ2n) is 5.60. The lowest BCUT2D eigenvalue weighted by molar-refractivity contribution is 0.0605. The van der Waals surface area contributed by atoms with Crippen LogP contribution in [0.3, 0.4) is 0 Å². The van der Waals surface area contributed by atoms with E-state index in [4.69, 9.17) is 10.00 Å². The highest BCUT2D eigenvalue weighted by Crippen LogP contribution is 2.27. The molecule has 0 aliphatic carbocycles. The molecule has 0 bridgehead atoms. The largest absolute Gasteiger partial charge is 0.465 e. The minimum absolute atomic E-state index is 0.102. The summed E-state index contributed by atoms with van der Waals surface area (Å²) in [6, 6.07) is 2.20. The Morgan fingerprint density at radius 1 is 1.54 bits per heavy atom. The highest BCUT2D eigenvalue weighted by Gasteiger charge is 2.20. The van der Waals surface area contributed by atoms with Crippen LogP contribution in [0.4, 0.5) is 0 Å². The van der Waals surface area contributed by atoms with Crippen molar-refractivity contribution in [3.05, 3.63) is 26.6 Å². The molecule has 0 aliphatic rings. The fourth-order valence-corrected chi connectivity index (χ4v) is 3.61. The molecule has 128 valence electrons. The van der Waals surface area contributed by atoms with Gasteiger partial charge in [0.2, 0.25) is 0 Å². The number of aromatic amines is 1. The molecule has 2 rings (SSSR count). The number of carbonyl (C=O) groups is 1. The number of H-pyrrole nitrogens is 1. The SMILES string of the molecule is CCN(Cc1nc2sc(C(=O)OC)c(C)c2c(=O)[nH]1)CC(C)C#N. The fourth-order valence-electron chi connectivity index (χ4n) is 2.50. The zero-order valence-electron chi connectivity index (χ0n) is 14.2. The highest BCUT2D eigenvalue weighted by atomic mass is 32.1. The average Bonchev–Trinajstić information content (AvgIpc) is 2.90. The number of hydrogen-bond acceptors (Lipinski definition) is 7. The van der Waals surface area contributed by atoms with Gasteiger partial charge in [0, 0.05) is 6.54 Å². The van der Waals surface area contributed by atoms with Gasteiger partial charge < -0.3 is 9.72 Å². The van der Waals surface area contributed by atoms with Crippen molar-refractivity contribution in [1.29, 1.82) is 5.26 Å². The van der Waals surface area contributed by atoms with Gasteiger partial charge in [0.05, 0.1) is 31.0 Å². The van der Waals surface area contributed by atoms with Crippen molar-refractivity contribution in [2.75, 3.05) is 20.2 Å². The molecular weight excluding hydrogens is 328 g/mol. The zero-order chi connectivity index (χ0) is 17.9. The van der Waals surface area contributed by atoms with Crippen LogP contribution in [0.5, 0.6) is 0 Å². The normalized spacial score (nSPS) is 12.3. The number of ether oxygens (including phenoxy) is 1. The maximum Gasteiger partial charge on any atom is 0.348 e. The van der Waals surface area contributed by atoms with E-state index in [2.05, 4.69) is 16.0 Å². The number of methoxy groups -OCH3 is 1. The number of esters is 1. The number of nitrogens with zero attached hydrogens (tertiary/aromatic N) is 3. The van der Waals surface area contributed by atoms with Crippen LogP contribution in [0.15, 0.2) is 4.79 Å². The number of rotatable bonds is 6. The molecule has 2 aromatic heterocycles. The second kappa shape index (κ2) is 7.55. The van der Waals surface area contributed by atoms with E-state index in [0.29, 0.717) is 39.6 Å². The Morgan fingerprint density at radius 2 is 2.25 bits per heavy atom. The van der Waals surface area contributed by atoms with Crippen molar-refractivity contribution in [3.63, 3.8) is 0 Å². The molecule has 0 radical (unpaired) electrons. The molecule has 1 atom stereocenters. The van der Waals surface area contributed by atoms with Crippen LogP contribution < -0.4 is 5.56 Å². The van der Waals surface area contributed by atoms with Crippen molar-refractivity contribution in [2.45, 2.75) is 27.3 Å². The van der Waals surface area contributed by atoms with Crippen molar-refractivity contribution in [3.8, 4) is 6.07 Å². The number of fused-ring (bicyclic) bond motifs is 1. The Hall–Kier alpha value is -2.24. The minimum atomic E-state index is -0.463. The van der Waals surface area contributed by atoms with Crippen molar-refractivity contribution in [1.82, 2.24) is 14.9 Å². The summed E-state index contributed by atoms with van der Waals surface area (Å²) in [6.45, 7) is 7.35. The molecule has 0 fully saturated rings. The van der Waals surface area contributed by atoms with E-state index in [-0.39, 0.29) is 11.5 Å². The molecule has 1 unspecified atom stereocenters. The first-order valence-electron chi connectivity index (χ1n) is 7.63. The van der Waals surface area contributed by atoms with E-state index in [1.54, 1.807) is 6.92 Å². The average molecular weight is 348 g/mol. The van der Waals surface area contributed by atoms with E-state index < -0.39 is 5.97 Å². The Bertz CT molecular complexity index is 849. The van der Waals surface area contributed by atoms with Crippen LogP contribution in [-0.2, 0) is 11.3 Å². The molecule has 0 saturated heterocycles. The van der Waals surface area contributed by atoms with E-state index in [1.165, 1.54) is 7.11 Å². The summed E-state index contributed by atoms with van der Waals surface area (Å²) in [4.78, 5) is 34.4.